The van der Waals surface area contributed by atoms with Gasteiger partial charge in [0.25, 0.3) is 5.91 Å². The molecule has 0 radical (unpaired) electrons. The van der Waals surface area contributed by atoms with Gasteiger partial charge in [-0.2, -0.15) is 0 Å². The maximum Gasteiger partial charge on any atom is 0.325 e. The number of carbonyl (C=O) groups excluding carboxylic acids is 2. The van der Waals surface area contributed by atoms with Gasteiger partial charge >= 0.3 is 6.03 Å². The SMILES string of the molecule is CCC1(c2ccc(C(C)C)cc2)NC(=O)N(CCCO)C1=O. The van der Waals surface area contributed by atoms with Crippen LogP contribution in [0.1, 0.15) is 50.7 Å². The fraction of sp³-hybridized carbons (Fsp3) is 0.529. The number of hydrogen-bond acceptors (Lipinski definition) is 3. The molecular formula is C17H24N2O3. The Morgan fingerprint density at radius 3 is 2.36 bits per heavy atom. The van der Waals surface area contributed by atoms with Gasteiger partial charge in [-0.3, -0.25) is 9.69 Å². The van der Waals surface area contributed by atoms with Crippen LogP contribution in [0.5, 0.6) is 0 Å². The molecule has 1 aromatic rings. The highest BCUT2D eigenvalue weighted by Gasteiger charge is 2.50. The van der Waals surface area contributed by atoms with E-state index < -0.39 is 5.54 Å². The molecule has 120 valence electrons. The average Bonchev–Trinajstić information content (AvgIpc) is 2.77. The Labute approximate surface area is 131 Å². The van der Waals surface area contributed by atoms with E-state index in [1.165, 1.54) is 10.5 Å². The Bertz CT molecular complexity index is 554. The summed E-state index contributed by atoms with van der Waals surface area (Å²) in [4.78, 5) is 26.1. The second-order valence-electron chi connectivity index (χ2n) is 6.00. The molecule has 5 nitrogen and oxygen atoms in total. The summed E-state index contributed by atoms with van der Waals surface area (Å²) in [5, 5.41) is 11.8. The topological polar surface area (TPSA) is 69.6 Å². The van der Waals surface area contributed by atoms with Crippen LogP contribution < -0.4 is 5.32 Å². The second-order valence-corrected chi connectivity index (χ2v) is 6.00. The third kappa shape index (κ3) is 2.73. The third-order valence-electron chi connectivity index (χ3n) is 4.32. The molecule has 1 aromatic carbocycles. The average molecular weight is 304 g/mol. The van der Waals surface area contributed by atoms with Gasteiger partial charge in [-0.25, -0.2) is 4.79 Å². The second kappa shape index (κ2) is 6.48. The van der Waals surface area contributed by atoms with Crippen molar-refractivity contribution in [3.63, 3.8) is 0 Å². The molecule has 0 aliphatic carbocycles. The number of amides is 3. The lowest BCUT2D eigenvalue weighted by Crippen LogP contribution is -2.43. The van der Waals surface area contributed by atoms with E-state index in [4.69, 9.17) is 5.11 Å². The van der Waals surface area contributed by atoms with Gasteiger partial charge in [0.1, 0.15) is 5.54 Å². The molecule has 22 heavy (non-hydrogen) atoms. The number of aliphatic hydroxyl groups excluding tert-OH is 1. The highest BCUT2D eigenvalue weighted by Crippen LogP contribution is 2.33. The van der Waals surface area contributed by atoms with Crippen LogP contribution in [0.2, 0.25) is 0 Å². The van der Waals surface area contributed by atoms with Crippen molar-refractivity contribution >= 4 is 11.9 Å². The number of hydrogen-bond donors (Lipinski definition) is 2. The number of imide groups is 1. The van der Waals surface area contributed by atoms with Crippen molar-refractivity contribution < 1.29 is 14.7 Å². The number of rotatable bonds is 6. The first-order chi connectivity index (χ1) is 10.5. The van der Waals surface area contributed by atoms with E-state index in [-0.39, 0.29) is 25.1 Å². The van der Waals surface area contributed by atoms with Gasteiger partial charge in [-0.05, 0) is 29.9 Å². The largest absolute Gasteiger partial charge is 0.396 e. The lowest BCUT2D eigenvalue weighted by atomic mass is 9.86. The minimum Gasteiger partial charge on any atom is -0.396 e. The fourth-order valence-corrected chi connectivity index (χ4v) is 2.85. The lowest BCUT2D eigenvalue weighted by Gasteiger charge is -2.26. The molecule has 1 fully saturated rings. The maximum absolute atomic E-state index is 12.8. The van der Waals surface area contributed by atoms with E-state index in [1.54, 1.807) is 0 Å². The summed E-state index contributed by atoms with van der Waals surface area (Å²) in [6, 6.07) is 7.48. The van der Waals surface area contributed by atoms with Crippen molar-refractivity contribution in [2.75, 3.05) is 13.2 Å². The van der Waals surface area contributed by atoms with Crippen LogP contribution in [0, 0.1) is 0 Å². The summed E-state index contributed by atoms with van der Waals surface area (Å²) in [5.74, 6) is 0.187. The number of nitrogens with zero attached hydrogens (tertiary/aromatic N) is 1. The molecule has 0 saturated carbocycles. The summed E-state index contributed by atoms with van der Waals surface area (Å²) in [7, 11) is 0. The standard InChI is InChI=1S/C17H24N2O3/c1-4-17(14-8-6-13(7-9-14)12(2)3)15(21)19(10-5-11-20)16(22)18-17/h6-9,12,20H,4-5,10-11H2,1-3H3,(H,18,22). The van der Waals surface area contributed by atoms with Gasteiger partial charge in [0.2, 0.25) is 0 Å². The van der Waals surface area contributed by atoms with Crippen molar-refractivity contribution in [3.05, 3.63) is 35.4 Å². The van der Waals surface area contributed by atoms with E-state index in [9.17, 15) is 9.59 Å². The Morgan fingerprint density at radius 1 is 1.23 bits per heavy atom. The molecule has 3 amide bonds. The van der Waals surface area contributed by atoms with Crippen LogP contribution in [-0.2, 0) is 10.3 Å². The molecule has 1 heterocycles. The molecule has 1 saturated heterocycles. The molecule has 5 heteroatoms. The number of aliphatic hydroxyl groups is 1. The summed E-state index contributed by atoms with van der Waals surface area (Å²) < 4.78 is 0. The van der Waals surface area contributed by atoms with Crippen LogP contribution >= 0.6 is 0 Å². The predicted molar refractivity (Wildman–Crippen MR) is 84.4 cm³/mol. The maximum atomic E-state index is 12.8. The minimum atomic E-state index is -0.984. The first-order valence-corrected chi connectivity index (χ1v) is 7.81. The molecule has 1 atom stereocenters. The highest BCUT2D eigenvalue weighted by molar-refractivity contribution is 6.07. The summed E-state index contributed by atoms with van der Waals surface area (Å²) in [6.07, 6.45) is 0.888. The predicted octanol–water partition coefficient (Wildman–Crippen LogP) is 2.35. The first kappa shape index (κ1) is 16.5. The molecule has 1 aliphatic rings. The van der Waals surface area contributed by atoms with Crippen LogP contribution in [0.4, 0.5) is 4.79 Å². The Hall–Kier alpha value is -1.88. The molecule has 2 N–H and O–H groups in total. The van der Waals surface area contributed by atoms with E-state index in [0.29, 0.717) is 18.8 Å². The van der Waals surface area contributed by atoms with Crippen molar-refractivity contribution in [1.82, 2.24) is 10.2 Å². The molecule has 2 rings (SSSR count). The number of nitrogens with one attached hydrogen (secondary N) is 1. The van der Waals surface area contributed by atoms with Crippen LogP contribution in [0.3, 0.4) is 0 Å². The number of urea groups is 1. The fourth-order valence-electron chi connectivity index (χ4n) is 2.85. The Morgan fingerprint density at radius 2 is 1.86 bits per heavy atom. The quantitative estimate of drug-likeness (QED) is 0.793. The van der Waals surface area contributed by atoms with Crippen molar-refractivity contribution in [2.24, 2.45) is 0 Å². The van der Waals surface area contributed by atoms with Crippen molar-refractivity contribution in [1.29, 1.82) is 0 Å². The lowest BCUT2D eigenvalue weighted by molar-refractivity contribution is -0.131. The molecule has 1 aliphatic heterocycles. The molecule has 1 unspecified atom stereocenters. The summed E-state index contributed by atoms with van der Waals surface area (Å²) >= 11 is 0. The Balaban J connectivity index is 2.33. The Kier molecular flexibility index (Phi) is 4.86. The third-order valence-corrected chi connectivity index (χ3v) is 4.32. The van der Waals surface area contributed by atoms with Crippen LogP contribution in [0.15, 0.2) is 24.3 Å². The number of benzene rings is 1. The van der Waals surface area contributed by atoms with Gasteiger partial charge in [-0.1, -0.05) is 45.0 Å². The molecule has 0 aromatic heterocycles. The highest BCUT2D eigenvalue weighted by atomic mass is 16.3. The summed E-state index contributed by atoms with van der Waals surface area (Å²) in [5.41, 5.74) is 1.02. The summed E-state index contributed by atoms with van der Waals surface area (Å²) in [6.45, 7) is 6.32. The normalized spacial score (nSPS) is 21.6. The van der Waals surface area contributed by atoms with Gasteiger partial charge < -0.3 is 10.4 Å². The zero-order valence-corrected chi connectivity index (χ0v) is 13.4. The smallest absolute Gasteiger partial charge is 0.325 e. The van der Waals surface area contributed by atoms with E-state index in [1.807, 2.05) is 31.2 Å². The molecular weight excluding hydrogens is 280 g/mol. The molecule has 0 bridgehead atoms. The zero-order chi connectivity index (χ0) is 16.3. The van der Waals surface area contributed by atoms with Crippen LogP contribution in [-0.4, -0.2) is 35.1 Å². The number of carbonyl (C=O) groups is 2. The van der Waals surface area contributed by atoms with Gasteiger partial charge in [0.15, 0.2) is 0 Å². The van der Waals surface area contributed by atoms with Gasteiger partial charge in [-0.15, -0.1) is 0 Å². The van der Waals surface area contributed by atoms with Crippen molar-refractivity contribution in [3.8, 4) is 0 Å². The first-order valence-electron chi connectivity index (χ1n) is 7.81. The molecule has 0 spiro atoms. The monoisotopic (exact) mass is 304 g/mol. The van der Waals surface area contributed by atoms with Crippen LogP contribution in [0.25, 0.3) is 0 Å². The van der Waals surface area contributed by atoms with E-state index in [0.717, 1.165) is 5.56 Å². The van der Waals surface area contributed by atoms with Gasteiger partial charge in [0.05, 0.1) is 0 Å². The van der Waals surface area contributed by atoms with Crippen molar-refractivity contribution in [2.45, 2.75) is 45.1 Å². The van der Waals surface area contributed by atoms with E-state index >= 15 is 0 Å². The minimum absolute atomic E-state index is 0.0424. The zero-order valence-electron chi connectivity index (χ0n) is 13.4. The van der Waals surface area contributed by atoms with Gasteiger partial charge in [0, 0.05) is 13.2 Å². The van der Waals surface area contributed by atoms with E-state index in [2.05, 4.69) is 19.2 Å².